The molecule has 6 heteroatoms. The first-order chi connectivity index (χ1) is 9.72. The largest absolute Gasteiger partial charge is 0.469 e. The molecule has 1 heterocycles. The van der Waals surface area contributed by atoms with Gasteiger partial charge in [-0.2, -0.15) is 0 Å². The number of carbonyl (C=O) groups is 2. The first-order valence-electron chi connectivity index (χ1n) is 7.35. The topological polar surface area (TPSA) is 73.9 Å². The van der Waals surface area contributed by atoms with Gasteiger partial charge in [0.2, 0.25) is 5.91 Å². The highest BCUT2D eigenvalue weighted by Crippen LogP contribution is 2.12. The van der Waals surface area contributed by atoms with Crippen LogP contribution < -0.4 is 5.48 Å². The van der Waals surface area contributed by atoms with Crippen molar-refractivity contribution in [2.75, 3.05) is 13.7 Å². The molecule has 0 spiro atoms. The molecule has 0 aromatic rings. The van der Waals surface area contributed by atoms with Gasteiger partial charge in [-0.05, 0) is 25.7 Å². The van der Waals surface area contributed by atoms with Gasteiger partial charge in [-0.15, -0.1) is 0 Å². The molecule has 1 N–H and O–H groups in total. The summed E-state index contributed by atoms with van der Waals surface area (Å²) in [4.78, 5) is 27.6. The number of esters is 1. The average Bonchev–Trinajstić information content (AvgIpc) is 2.49. The second-order valence-electron chi connectivity index (χ2n) is 4.93. The molecule has 0 saturated carbocycles. The van der Waals surface area contributed by atoms with Crippen LogP contribution in [-0.2, 0) is 23.9 Å². The van der Waals surface area contributed by atoms with Crippen molar-refractivity contribution in [3.63, 3.8) is 0 Å². The standard InChI is InChI=1S/C14H25NO5/c1-18-13(17)9-5-3-2-4-8-12(16)15-20-14-10-6-7-11-19-14/h14H,2-11H2,1H3,(H,15,16). The minimum absolute atomic E-state index is 0.118. The smallest absolute Gasteiger partial charge is 0.305 e. The Labute approximate surface area is 120 Å². The third-order valence-corrected chi connectivity index (χ3v) is 3.20. The highest BCUT2D eigenvalue weighted by molar-refractivity contribution is 5.74. The van der Waals surface area contributed by atoms with Gasteiger partial charge >= 0.3 is 5.97 Å². The molecular formula is C14H25NO5. The fourth-order valence-electron chi connectivity index (χ4n) is 2.00. The average molecular weight is 287 g/mol. The Morgan fingerprint density at radius 3 is 2.55 bits per heavy atom. The Kier molecular flexibility index (Phi) is 8.98. The molecule has 1 amide bonds. The Balaban J connectivity index is 1.90. The van der Waals surface area contributed by atoms with E-state index in [2.05, 4.69) is 10.2 Å². The van der Waals surface area contributed by atoms with E-state index >= 15 is 0 Å². The molecule has 1 rings (SSSR count). The van der Waals surface area contributed by atoms with Crippen LogP contribution in [0.1, 0.15) is 57.8 Å². The number of methoxy groups -OCH3 is 1. The van der Waals surface area contributed by atoms with Crippen LogP contribution in [-0.4, -0.2) is 31.9 Å². The van der Waals surface area contributed by atoms with Crippen molar-refractivity contribution in [1.82, 2.24) is 5.48 Å². The second kappa shape index (κ2) is 10.6. The first kappa shape index (κ1) is 16.9. The monoisotopic (exact) mass is 287 g/mol. The Hall–Kier alpha value is -1.14. The van der Waals surface area contributed by atoms with Crippen LogP contribution >= 0.6 is 0 Å². The molecule has 6 nitrogen and oxygen atoms in total. The maximum absolute atomic E-state index is 11.5. The normalized spacial score (nSPS) is 18.6. The lowest BCUT2D eigenvalue weighted by atomic mass is 10.1. The summed E-state index contributed by atoms with van der Waals surface area (Å²) in [5, 5.41) is 0. The minimum atomic E-state index is -0.298. The van der Waals surface area contributed by atoms with Crippen LogP contribution in [0.3, 0.4) is 0 Å². The maximum atomic E-state index is 11.5. The van der Waals surface area contributed by atoms with Gasteiger partial charge in [0, 0.05) is 25.9 Å². The molecule has 116 valence electrons. The van der Waals surface area contributed by atoms with E-state index in [1.54, 1.807) is 0 Å². The Morgan fingerprint density at radius 2 is 1.90 bits per heavy atom. The SMILES string of the molecule is COC(=O)CCCCCCC(=O)NOC1CCCCO1. The summed E-state index contributed by atoms with van der Waals surface area (Å²) in [6.45, 7) is 0.695. The molecule has 1 aliphatic rings. The van der Waals surface area contributed by atoms with Gasteiger partial charge in [-0.1, -0.05) is 12.8 Å². The van der Waals surface area contributed by atoms with Crippen LogP contribution in [0.15, 0.2) is 0 Å². The highest BCUT2D eigenvalue weighted by Gasteiger charge is 2.15. The number of amides is 1. The van der Waals surface area contributed by atoms with E-state index in [0.29, 0.717) is 19.4 Å². The highest BCUT2D eigenvalue weighted by atomic mass is 16.8. The number of carbonyl (C=O) groups excluding carboxylic acids is 2. The van der Waals surface area contributed by atoms with E-state index in [-0.39, 0.29) is 18.2 Å². The zero-order valence-electron chi connectivity index (χ0n) is 12.2. The van der Waals surface area contributed by atoms with Crippen LogP contribution in [0.2, 0.25) is 0 Å². The van der Waals surface area contributed by atoms with Crippen molar-refractivity contribution in [3.8, 4) is 0 Å². The maximum Gasteiger partial charge on any atom is 0.305 e. The van der Waals surface area contributed by atoms with Crippen LogP contribution in [0.25, 0.3) is 0 Å². The fraction of sp³-hybridized carbons (Fsp3) is 0.857. The summed E-state index contributed by atoms with van der Waals surface area (Å²) < 4.78 is 9.89. The molecule has 0 aromatic carbocycles. The molecule has 0 aliphatic carbocycles. The molecule has 20 heavy (non-hydrogen) atoms. The van der Waals surface area contributed by atoms with Crippen molar-refractivity contribution in [1.29, 1.82) is 0 Å². The molecule has 1 aliphatic heterocycles. The van der Waals surface area contributed by atoms with Crippen LogP contribution in [0.4, 0.5) is 0 Å². The third kappa shape index (κ3) is 8.12. The number of ether oxygens (including phenoxy) is 2. The van der Waals surface area contributed by atoms with Crippen molar-refractivity contribution in [2.45, 2.75) is 64.1 Å². The quantitative estimate of drug-likeness (QED) is 0.399. The number of hydrogen-bond acceptors (Lipinski definition) is 5. The molecule has 1 unspecified atom stereocenters. The van der Waals surface area contributed by atoms with E-state index in [0.717, 1.165) is 44.9 Å². The van der Waals surface area contributed by atoms with E-state index in [1.807, 2.05) is 0 Å². The lowest BCUT2D eigenvalue weighted by molar-refractivity contribution is -0.200. The van der Waals surface area contributed by atoms with E-state index in [9.17, 15) is 9.59 Å². The van der Waals surface area contributed by atoms with E-state index in [4.69, 9.17) is 9.57 Å². The van der Waals surface area contributed by atoms with Gasteiger partial charge in [0.25, 0.3) is 0 Å². The van der Waals surface area contributed by atoms with Gasteiger partial charge in [0.1, 0.15) is 0 Å². The lowest BCUT2D eigenvalue weighted by Crippen LogP contribution is -2.32. The number of hydrogen-bond donors (Lipinski definition) is 1. The van der Waals surface area contributed by atoms with Gasteiger partial charge in [-0.3, -0.25) is 9.59 Å². The van der Waals surface area contributed by atoms with E-state index in [1.165, 1.54) is 7.11 Å². The van der Waals surface area contributed by atoms with Gasteiger partial charge < -0.3 is 9.47 Å². The summed E-state index contributed by atoms with van der Waals surface area (Å²) in [7, 11) is 1.39. The van der Waals surface area contributed by atoms with Crippen LogP contribution in [0.5, 0.6) is 0 Å². The third-order valence-electron chi connectivity index (χ3n) is 3.20. The predicted molar refractivity (Wildman–Crippen MR) is 72.5 cm³/mol. The zero-order chi connectivity index (χ0) is 14.6. The lowest BCUT2D eigenvalue weighted by Gasteiger charge is -2.22. The summed E-state index contributed by atoms with van der Waals surface area (Å²) in [6, 6.07) is 0. The Morgan fingerprint density at radius 1 is 1.15 bits per heavy atom. The fourth-order valence-corrected chi connectivity index (χ4v) is 2.00. The van der Waals surface area contributed by atoms with Gasteiger partial charge in [0.15, 0.2) is 6.29 Å². The van der Waals surface area contributed by atoms with Crippen molar-refractivity contribution in [3.05, 3.63) is 0 Å². The molecule has 1 saturated heterocycles. The summed E-state index contributed by atoms with van der Waals surface area (Å²) in [5.74, 6) is -0.296. The summed E-state index contributed by atoms with van der Waals surface area (Å²) in [5.41, 5.74) is 2.43. The minimum Gasteiger partial charge on any atom is -0.469 e. The zero-order valence-corrected chi connectivity index (χ0v) is 12.2. The molecule has 1 fully saturated rings. The molecule has 0 radical (unpaired) electrons. The molecule has 1 atom stereocenters. The number of unbranched alkanes of at least 4 members (excludes halogenated alkanes) is 3. The predicted octanol–water partition coefficient (Wildman–Crippen LogP) is 2.07. The first-order valence-corrected chi connectivity index (χ1v) is 7.35. The van der Waals surface area contributed by atoms with Crippen molar-refractivity contribution < 1.29 is 23.9 Å². The van der Waals surface area contributed by atoms with Crippen LogP contribution in [0, 0.1) is 0 Å². The summed E-state index contributed by atoms with van der Waals surface area (Å²) in [6.07, 6.45) is 6.98. The van der Waals surface area contributed by atoms with Gasteiger partial charge in [-0.25, -0.2) is 10.3 Å². The number of rotatable bonds is 9. The number of nitrogens with one attached hydrogen (secondary N) is 1. The second-order valence-corrected chi connectivity index (χ2v) is 4.93. The summed E-state index contributed by atoms with van der Waals surface area (Å²) >= 11 is 0. The molecule has 0 aromatic heterocycles. The van der Waals surface area contributed by atoms with E-state index < -0.39 is 0 Å². The van der Waals surface area contributed by atoms with Gasteiger partial charge in [0.05, 0.1) is 7.11 Å². The number of hydroxylamine groups is 1. The van der Waals surface area contributed by atoms with Crippen molar-refractivity contribution in [2.24, 2.45) is 0 Å². The van der Waals surface area contributed by atoms with Crippen molar-refractivity contribution >= 4 is 11.9 Å². The molecular weight excluding hydrogens is 262 g/mol. The molecule has 0 bridgehead atoms. The Bertz CT molecular complexity index is 289.